The molecule has 26 heavy (non-hydrogen) atoms. The second-order valence-electron chi connectivity index (χ2n) is 6.71. The third-order valence-corrected chi connectivity index (χ3v) is 6.17. The van der Waals surface area contributed by atoms with Crippen LogP contribution in [-0.4, -0.2) is 66.8 Å². The largest absolute Gasteiger partial charge is 0.378 e. The number of likely N-dealkylation sites (tertiary alicyclic amines) is 1. The topological polar surface area (TPSA) is 49.9 Å². The Labute approximate surface area is 164 Å². The number of piperidine rings is 1. The average Bonchev–Trinajstić information content (AvgIpc) is 2.69. The minimum Gasteiger partial charge on any atom is -0.378 e. The molecule has 2 heterocycles. The quantitative estimate of drug-likeness (QED) is 0.767. The van der Waals surface area contributed by atoms with Crippen LogP contribution in [0.15, 0.2) is 24.3 Å². The number of amides is 2. The molecule has 2 aliphatic rings. The van der Waals surface area contributed by atoms with Gasteiger partial charge in [0.1, 0.15) is 0 Å². The number of hydrogen-bond acceptors (Lipinski definition) is 4. The number of hydrogen-bond donors (Lipinski definition) is 0. The third kappa shape index (κ3) is 5.38. The smallest absolute Gasteiger partial charge is 0.232 e. The van der Waals surface area contributed by atoms with Gasteiger partial charge in [-0.2, -0.15) is 0 Å². The molecule has 5 nitrogen and oxygen atoms in total. The number of thioether (sulfide) groups is 1. The molecule has 1 aromatic carbocycles. The molecule has 0 aromatic heterocycles. The van der Waals surface area contributed by atoms with Crippen LogP contribution >= 0.6 is 23.4 Å². The molecule has 142 valence electrons. The Bertz CT molecular complexity index is 612. The summed E-state index contributed by atoms with van der Waals surface area (Å²) in [6.07, 6.45) is 1.54. The predicted octanol–water partition coefficient (Wildman–Crippen LogP) is 2.67. The van der Waals surface area contributed by atoms with Gasteiger partial charge in [0.05, 0.1) is 19.0 Å². The van der Waals surface area contributed by atoms with Crippen LogP contribution in [0, 0.1) is 5.92 Å². The van der Waals surface area contributed by atoms with E-state index >= 15 is 0 Å². The van der Waals surface area contributed by atoms with Crippen LogP contribution < -0.4 is 0 Å². The van der Waals surface area contributed by atoms with Gasteiger partial charge in [0.25, 0.3) is 0 Å². The van der Waals surface area contributed by atoms with Crippen LogP contribution in [0.25, 0.3) is 0 Å². The summed E-state index contributed by atoms with van der Waals surface area (Å²) in [7, 11) is 0. The van der Waals surface area contributed by atoms with Crippen LogP contribution in [0.5, 0.6) is 0 Å². The normalized spacial score (nSPS) is 18.8. The lowest BCUT2D eigenvalue weighted by Gasteiger charge is -2.35. The van der Waals surface area contributed by atoms with Crippen molar-refractivity contribution in [2.45, 2.75) is 18.6 Å². The lowest BCUT2D eigenvalue weighted by Crippen LogP contribution is -2.47. The van der Waals surface area contributed by atoms with Crippen LogP contribution in [-0.2, 0) is 20.1 Å². The first kappa shape index (κ1) is 19.5. The van der Waals surface area contributed by atoms with Crippen molar-refractivity contribution in [3.05, 3.63) is 34.9 Å². The van der Waals surface area contributed by atoms with Crippen LogP contribution in [0.3, 0.4) is 0 Å². The maximum Gasteiger partial charge on any atom is 0.232 e. The molecule has 2 amide bonds. The van der Waals surface area contributed by atoms with Crippen molar-refractivity contribution >= 4 is 35.2 Å². The summed E-state index contributed by atoms with van der Waals surface area (Å²) in [5.74, 6) is 1.73. The molecule has 0 spiro atoms. The minimum atomic E-state index is 0.0545. The van der Waals surface area contributed by atoms with E-state index in [0.717, 1.165) is 23.6 Å². The summed E-state index contributed by atoms with van der Waals surface area (Å²) in [6.45, 7) is 4.02. The highest BCUT2D eigenvalue weighted by Crippen LogP contribution is 2.22. The molecule has 0 bridgehead atoms. The maximum atomic E-state index is 12.5. The van der Waals surface area contributed by atoms with Crippen LogP contribution in [0.2, 0.25) is 5.02 Å². The number of benzene rings is 1. The van der Waals surface area contributed by atoms with Gasteiger partial charge in [-0.15, -0.1) is 11.8 Å². The first-order valence-corrected chi connectivity index (χ1v) is 10.6. The van der Waals surface area contributed by atoms with E-state index < -0.39 is 0 Å². The second kappa shape index (κ2) is 9.62. The van der Waals surface area contributed by atoms with Gasteiger partial charge in [-0.1, -0.05) is 23.7 Å². The van der Waals surface area contributed by atoms with E-state index in [1.54, 1.807) is 11.8 Å². The van der Waals surface area contributed by atoms with Crippen molar-refractivity contribution in [3.63, 3.8) is 0 Å². The molecular weight excluding hydrogens is 372 g/mol. The van der Waals surface area contributed by atoms with Gasteiger partial charge < -0.3 is 14.5 Å². The van der Waals surface area contributed by atoms with Gasteiger partial charge in [-0.25, -0.2) is 0 Å². The first-order chi connectivity index (χ1) is 12.6. The molecule has 2 fully saturated rings. The number of nitrogens with zero attached hydrogens (tertiary/aromatic N) is 2. The monoisotopic (exact) mass is 396 g/mol. The van der Waals surface area contributed by atoms with Crippen LogP contribution in [0.4, 0.5) is 0 Å². The molecule has 2 saturated heterocycles. The SMILES string of the molecule is O=C(CSCc1ccc(Cl)cc1)N1CCC(C(=O)N2CCOCC2)CC1. The van der Waals surface area contributed by atoms with E-state index in [1.807, 2.05) is 34.1 Å². The van der Waals surface area contributed by atoms with Crippen LogP contribution in [0.1, 0.15) is 18.4 Å². The van der Waals surface area contributed by atoms with Crippen molar-refractivity contribution in [1.82, 2.24) is 9.80 Å². The highest BCUT2D eigenvalue weighted by atomic mass is 35.5. The number of carbonyl (C=O) groups is 2. The Balaban J connectivity index is 1.37. The van der Waals surface area contributed by atoms with Gasteiger partial charge in [0.15, 0.2) is 0 Å². The molecule has 0 atom stereocenters. The van der Waals surface area contributed by atoms with Gasteiger partial charge >= 0.3 is 0 Å². The number of ether oxygens (including phenoxy) is 1. The van der Waals surface area contributed by atoms with Gasteiger partial charge in [0, 0.05) is 42.9 Å². The van der Waals surface area contributed by atoms with E-state index in [1.165, 1.54) is 5.56 Å². The summed E-state index contributed by atoms with van der Waals surface area (Å²) in [5, 5.41) is 0.726. The fraction of sp³-hybridized carbons (Fsp3) is 0.579. The third-order valence-electron chi connectivity index (χ3n) is 4.93. The molecule has 7 heteroatoms. The zero-order valence-corrected chi connectivity index (χ0v) is 16.4. The maximum absolute atomic E-state index is 12.5. The minimum absolute atomic E-state index is 0.0545. The summed E-state index contributed by atoms with van der Waals surface area (Å²) >= 11 is 7.50. The zero-order chi connectivity index (χ0) is 18.4. The van der Waals surface area contributed by atoms with E-state index in [-0.39, 0.29) is 17.7 Å². The summed E-state index contributed by atoms with van der Waals surface area (Å²) in [5.41, 5.74) is 1.17. The van der Waals surface area contributed by atoms with Crippen molar-refractivity contribution in [1.29, 1.82) is 0 Å². The molecule has 1 aromatic rings. The molecule has 0 N–H and O–H groups in total. The Morgan fingerprint density at radius 2 is 1.69 bits per heavy atom. The Kier molecular flexibility index (Phi) is 7.23. The molecule has 2 aliphatic heterocycles. The van der Waals surface area contributed by atoms with E-state index in [0.29, 0.717) is 45.1 Å². The molecule has 0 saturated carbocycles. The van der Waals surface area contributed by atoms with Crippen molar-refractivity contribution in [2.75, 3.05) is 45.1 Å². The standard InChI is InChI=1S/C19H25ClN2O3S/c20-17-3-1-15(2-4-17)13-26-14-18(23)21-7-5-16(6-8-21)19(24)22-9-11-25-12-10-22/h1-4,16H,5-14H2. The predicted molar refractivity (Wildman–Crippen MR) is 104 cm³/mol. The molecule has 0 unspecified atom stereocenters. The Morgan fingerprint density at radius 1 is 1.04 bits per heavy atom. The zero-order valence-electron chi connectivity index (χ0n) is 14.9. The fourth-order valence-corrected chi connectivity index (χ4v) is 4.36. The molecular formula is C19H25ClN2O3S. The summed E-state index contributed by atoms with van der Waals surface area (Å²) < 4.78 is 5.31. The Hall–Kier alpha value is -1.24. The summed E-state index contributed by atoms with van der Waals surface area (Å²) in [6, 6.07) is 7.72. The average molecular weight is 397 g/mol. The number of halogens is 1. The van der Waals surface area contributed by atoms with E-state index in [9.17, 15) is 9.59 Å². The van der Waals surface area contributed by atoms with E-state index in [4.69, 9.17) is 16.3 Å². The van der Waals surface area contributed by atoms with Gasteiger partial charge in [0.2, 0.25) is 11.8 Å². The first-order valence-electron chi connectivity index (χ1n) is 9.10. The van der Waals surface area contributed by atoms with Gasteiger partial charge in [-0.3, -0.25) is 9.59 Å². The Morgan fingerprint density at radius 3 is 2.35 bits per heavy atom. The molecule has 0 aliphatic carbocycles. The lowest BCUT2D eigenvalue weighted by atomic mass is 9.95. The number of morpholine rings is 1. The molecule has 3 rings (SSSR count). The number of carbonyl (C=O) groups excluding carboxylic acids is 2. The second-order valence-corrected chi connectivity index (χ2v) is 8.13. The molecule has 0 radical (unpaired) electrons. The van der Waals surface area contributed by atoms with E-state index in [2.05, 4.69) is 0 Å². The highest BCUT2D eigenvalue weighted by Gasteiger charge is 2.30. The fourth-order valence-electron chi connectivity index (χ4n) is 3.35. The number of rotatable bonds is 5. The van der Waals surface area contributed by atoms with Crippen molar-refractivity contribution in [3.8, 4) is 0 Å². The summed E-state index contributed by atoms with van der Waals surface area (Å²) in [4.78, 5) is 28.7. The lowest BCUT2D eigenvalue weighted by molar-refractivity contribution is -0.143. The van der Waals surface area contributed by atoms with Crippen molar-refractivity contribution in [2.24, 2.45) is 5.92 Å². The van der Waals surface area contributed by atoms with Gasteiger partial charge in [-0.05, 0) is 30.5 Å². The highest BCUT2D eigenvalue weighted by molar-refractivity contribution is 7.99. The van der Waals surface area contributed by atoms with Crippen molar-refractivity contribution < 1.29 is 14.3 Å².